The van der Waals surface area contributed by atoms with Crippen molar-refractivity contribution in [1.82, 2.24) is 10.3 Å². The number of aliphatic hydroxyl groups excluding tert-OH is 1. The van der Waals surface area contributed by atoms with Crippen LogP contribution in [0.1, 0.15) is 47.6 Å². The second-order valence-corrected chi connectivity index (χ2v) is 5.96. The number of thiazole rings is 1. The number of amides is 1. The quantitative estimate of drug-likeness (QED) is 0.832. The maximum Gasteiger partial charge on any atom is 0.263 e. The van der Waals surface area contributed by atoms with Crippen molar-refractivity contribution in [3.05, 3.63) is 15.6 Å². The number of aromatic nitrogens is 1. The molecular weight excluding hydrogens is 248 g/mol. The highest BCUT2D eigenvalue weighted by molar-refractivity contribution is 7.13. The van der Waals surface area contributed by atoms with Gasteiger partial charge in [-0.15, -0.1) is 11.3 Å². The Hall–Kier alpha value is -0.940. The van der Waals surface area contributed by atoms with Crippen LogP contribution in [0.15, 0.2) is 0 Å². The Kier molecular flexibility index (Phi) is 5.75. The maximum atomic E-state index is 12.0. The van der Waals surface area contributed by atoms with Crippen LogP contribution in [0.2, 0.25) is 0 Å². The van der Waals surface area contributed by atoms with Crippen molar-refractivity contribution in [1.29, 1.82) is 0 Å². The fourth-order valence-corrected chi connectivity index (χ4v) is 2.81. The van der Waals surface area contributed by atoms with Gasteiger partial charge in [0.2, 0.25) is 0 Å². The standard InChI is InChI=1S/C13H22N2O2S/c1-5-10(7-16)15-13(17)12-9(4)14-11(18-12)6-8(2)3/h8,10,16H,5-7H2,1-4H3,(H,15,17). The average Bonchev–Trinajstić information content (AvgIpc) is 2.65. The van der Waals surface area contributed by atoms with Gasteiger partial charge in [-0.25, -0.2) is 4.98 Å². The molecule has 0 fully saturated rings. The van der Waals surface area contributed by atoms with E-state index in [0.29, 0.717) is 10.8 Å². The summed E-state index contributed by atoms with van der Waals surface area (Å²) in [6, 6.07) is -0.174. The van der Waals surface area contributed by atoms with Crippen LogP contribution in [-0.4, -0.2) is 28.6 Å². The first-order valence-electron chi connectivity index (χ1n) is 6.35. The lowest BCUT2D eigenvalue weighted by molar-refractivity contribution is 0.0918. The first-order valence-corrected chi connectivity index (χ1v) is 7.17. The molecule has 2 N–H and O–H groups in total. The van der Waals surface area contributed by atoms with Crippen molar-refractivity contribution in [2.75, 3.05) is 6.61 Å². The lowest BCUT2D eigenvalue weighted by Crippen LogP contribution is -2.36. The number of aliphatic hydroxyl groups is 1. The number of nitrogens with zero attached hydrogens (tertiary/aromatic N) is 1. The fourth-order valence-electron chi connectivity index (χ4n) is 1.63. The summed E-state index contributed by atoms with van der Waals surface area (Å²) in [5.41, 5.74) is 0.779. The molecule has 1 aromatic rings. The third-order valence-electron chi connectivity index (χ3n) is 2.68. The van der Waals surface area contributed by atoms with E-state index < -0.39 is 0 Å². The highest BCUT2D eigenvalue weighted by Gasteiger charge is 2.18. The molecule has 1 rings (SSSR count). The Bertz CT molecular complexity index is 398. The van der Waals surface area contributed by atoms with Crippen molar-refractivity contribution in [2.45, 2.75) is 46.6 Å². The summed E-state index contributed by atoms with van der Waals surface area (Å²) in [4.78, 5) is 17.1. The predicted molar refractivity (Wildman–Crippen MR) is 74.0 cm³/mol. The topological polar surface area (TPSA) is 62.2 Å². The van der Waals surface area contributed by atoms with Crippen molar-refractivity contribution >= 4 is 17.2 Å². The van der Waals surface area contributed by atoms with Gasteiger partial charge in [0.05, 0.1) is 23.4 Å². The Morgan fingerprint density at radius 1 is 1.50 bits per heavy atom. The molecule has 0 radical (unpaired) electrons. The van der Waals surface area contributed by atoms with E-state index in [1.165, 1.54) is 11.3 Å². The van der Waals surface area contributed by atoms with Crippen LogP contribution < -0.4 is 5.32 Å². The van der Waals surface area contributed by atoms with Crippen LogP contribution in [0.4, 0.5) is 0 Å². The van der Waals surface area contributed by atoms with Gasteiger partial charge in [0, 0.05) is 6.42 Å². The van der Waals surface area contributed by atoms with E-state index in [-0.39, 0.29) is 18.6 Å². The second kappa shape index (κ2) is 6.85. The zero-order valence-corrected chi connectivity index (χ0v) is 12.3. The number of aryl methyl sites for hydroxylation is 1. The van der Waals surface area contributed by atoms with Crippen LogP contribution in [0, 0.1) is 12.8 Å². The average molecular weight is 270 g/mol. The largest absolute Gasteiger partial charge is 0.394 e. The van der Waals surface area contributed by atoms with E-state index in [0.717, 1.165) is 23.5 Å². The predicted octanol–water partition coefficient (Wildman–Crippen LogP) is 2.15. The molecule has 102 valence electrons. The fraction of sp³-hybridized carbons (Fsp3) is 0.692. The van der Waals surface area contributed by atoms with E-state index in [9.17, 15) is 4.79 Å². The van der Waals surface area contributed by atoms with Crippen LogP contribution in [0.25, 0.3) is 0 Å². The van der Waals surface area contributed by atoms with Crippen molar-refractivity contribution in [3.63, 3.8) is 0 Å². The molecule has 1 amide bonds. The molecule has 0 saturated carbocycles. The number of carbonyl (C=O) groups is 1. The van der Waals surface area contributed by atoms with Gasteiger partial charge in [0.25, 0.3) is 5.91 Å². The molecule has 0 spiro atoms. The summed E-state index contributed by atoms with van der Waals surface area (Å²) in [6.07, 6.45) is 1.62. The first kappa shape index (κ1) is 15.1. The second-order valence-electron chi connectivity index (χ2n) is 4.88. The number of rotatable bonds is 6. The molecule has 1 aromatic heterocycles. The van der Waals surface area contributed by atoms with Gasteiger partial charge < -0.3 is 10.4 Å². The first-order chi connectivity index (χ1) is 8.47. The summed E-state index contributed by atoms with van der Waals surface area (Å²) in [5, 5.41) is 12.9. The minimum absolute atomic E-state index is 0.0288. The van der Waals surface area contributed by atoms with Gasteiger partial charge in [-0.1, -0.05) is 20.8 Å². The Morgan fingerprint density at radius 3 is 2.67 bits per heavy atom. The summed E-state index contributed by atoms with van der Waals surface area (Å²) in [7, 11) is 0. The molecule has 0 aromatic carbocycles. The smallest absolute Gasteiger partial charge is 0.263 e. The number of nitrogens with one attached hydrogen (secondary N) is 1. The monoisotopic (exact) mass is 270 g/mol. The molecule has 0 aliphatic rings. The third kappa shape index (κ3) is 4.07. The van der Waals surface area contributed by atoms with Gasteiger partial charge in [-0.05, 0) is 19.3 Å². The molecule has 5 heteroatoms. The summed E-state index contributed by atoms with van der Waals surface area (Å²) >= 11 is 1.45. The number of hydrogen-bond donors (Lipinski definition) is 2. The lowest BCUT2D eigenvalue weighted by Gasteiger charge is -2.13. The Labute approximate surface area is 112 Å². The third-order valence-corrected chi connectivity index (χ3v) is 3.86. The molecule has 4 nitrogen and oxygen atoms in total. The molecule has 1 unspecified atom stereocenters. The van der Waals surface area contributed by atoms with E-state index in [4.69, 9.17) is 5.11 Å². The summed E-state index contributed by atoms with van der Waals surface area (Å²) < 4.78 is 0. The van der Waals surface area contributed by atoms with E-state index in [1.807, 2.05) is 13.8 Å². The van der Waals surface area contributed by atoms with Crippen molar-refractivity contribution in [2.24, 2.45) is 5.92 Å². The van der Waals surface area contributed by atoms with Gasteiger partial charge in [0.1, 0.15) is 4.88 Å². The Balaban J connectivity index is 2.76. The van der Waals surface area contributed by atoms with Crippen LogP contribution >= 0.6 is 11.3 Å². The molecule has 0 aliphatic heterocycles. The molecular formula is C13H22N2O2S. The summed E-state index contributed by atoms with van der Waals surface area (Å²) in [5.74, 6) is 0.410. The number of carbonyl (C=O) groups excluding carboxylic acids is 1. The van der Waals surface area contributed by atoms with Crippen molar-refractivity contribution < 1.29 is 9.90 Å². The zero-order valence-electron chi connectivity index (χ0n) is 11.5. The lowest BCUT2D eigenvalue weighted by atomic mass is 10.1. The Morgan fingerprint density at radius 2 is 2.17 bits per heavy atom. The molecule has 0 saturated heterocycles. The summed E-state index contributed by atoms with van der Waals surface area (Å²) in [6.45, 7) is 8.03. The zero-order chi connectivity index (χ0) is 13.7. The van der Waals surface area contributed by atoms with Crippen LogP contribution in [0.5, 0.6) is 0 Å². The molecule has 0 bridgehead atoms. The van der Waals surface area contributed by atoms with E-state index in [1.54, 1.807) is 0 Å². The molecule has 1 heterocycles. The highest BCUT2D eigenvalue weighted by atomic mass is 32.1. The normalized spacial score (nSPS) is 12.8. The minimum atomic E-state index is -0.174. The SMILES string of the molecule is CCC(CO)NC(=O)c1sc(CC(C)C)nc1C. The molecule has 1 atom stereocenters. The molecule has 18 heavy (non-hydrogen) atoms. The van der Waals surface area contributed by atoms with Gasteiger partial charge in [-0.3, -0.25) is 4.79 Å². The van der Waals surface area contributed by atoms with Crippen LogP contribution in [-0.2, 0) is 6.42 Å². The van der Waals surface area contributed by atoms with Gasteiger partial charge in [-0.2, -0.15) is 0 Å². The molecule has 0 aliphatic carbocycles. The van der Waals surface area contributed by atoms with Gasteiger partial charge in [0.15, 0.2) is 0 Å². The minimum Gasteiger partial charge on any atom is -0.394 e. The van der Waals surface area contributed by atoms with Crippen LogP contribution in [0.3, 0.4) is 0 Å². The maximum absolute atomic E-state index is 12.0. The van der Waals surface area contributed by atoms with E-state index >= 15 is 0 Å². The van der Waals surface area contributed by atoms with Gasteiger partial charge >= 0.3 is 0 Å². The van der Waals surface area contributed by atoms with E-state index in [2.05, 4.69) is 24.1 Å². The highest BCUT2D eigenvalue weighted by Crippen LogP contribution is 2.20. The van der Waals surface area contributed by atoms with Crippen molar-refractivity contribution in [3.8, 4) is 0 Å². The number of hydrogen-bond acceptors (Lipinski definition) is 4.